The van der Waals surface area contributed by atoms with Gasteiger partial charge in [0, 0.05) is 6.42 Å². The van der Waals surface area contributed by atoms with E-state index < -0.39 is 6.10 Å². The van der Waals surface area contributed by atoms with Crippen LogP contribution < -0.4 is 0 Å². The maximum atomic E-state index is 11.7. The zero-order valence-corrected chi connectivity index (χ0v) is 14.8. The highest BCUT2D eigenvalue weighted by molar-refractivity contribution is 6.18. The minimum atomic E-state index is -0.580. The molecule has 130 valence electrons. The molecule has 1 unspecified atom stereocenters. The molecule has 0 aromatic rings. The molecule has 0 aliphatic carbocycles. The monoisotopic (exact) mass is 334 g/mol. The first kappa shape index (κ1) is 21.2. The smallest absolute Gasteiger partial charge is 0.309 e. The van der Waals surface area contributed by atoms with Gasteiger partial charge in [-0.15, -0.1) is 11.6 Å². The Hall–Kier alpha value is -0.770. The third-order valence-electron chi connectivity index (χ3n) is 3.36. The molecule has 0 fully saturated rings. The fourth-order valence-electron chi connectivity index (χ4n) is 2.01. The number of rotatable bonds is 14. The first-order chi connectivity index (χ1) is 10.6. The highest BCUT2D eigenvalue weighted by atomic mass is 35.5. The third kappa shape index (κ3) is 12.9. The molecule has 4 nitrogen and oxygen atoms in total. The molecule has 22 heavy (non-hydrogen) atoms. The fourth-order valence-corrected chi connectivity index (χ4v) is 2.18. The lowest BCUT2D eigenvalue weighted by Gasteiger charge is -2.14. The predicted octanol–water partition coefficient (Wildman–Crippen LogP) is 4.62. The van der Waals surface area contributed by atoms with Gasteiger partial charge in [-0.3, -0.25) is 9.59 Å². The van der Waals surface area contributed by atoms with Crippen molar-refractivity contribution in [3.8, 4) is 0 Å². The van der Waals surface area contributed by atoms with Crippen molar-refractivity contribution < 1.29 is 19.1 Å². The van der Waals surface area contributed by atoms with Gasteiger partial charge in [-0.05, 0) is 12.8 Å². The van der Waals surface area contributed by atoms with Crippen LogP contribution in [-0.4, -0.2) is 30.5 Å². The highest BCUT2D eigenvalue weighted by Gasteiger charge is 2.18. The highest BCUT2D eigenvalue weighted by Crippen LogP contribution is 2.08. The number of esters is 2. The number of carbonyl (C=O) groups excluding carboxylic acids is 2. The van der Waals surface area contributed by atoms with Gasteiger partial charge in [0.25, 0.3) is 0 Å². The molecule has 0 saturated heterocycles. The second kappa shape index (κ2) is 15.1. The maximum Gasteiger partial charge on any atom is 0.309 e. The predicted molar refractivity (Wildman–Crippen MR) is 89.1 cm³/mol. The number of halogens is 1. The number of hydrogen-bond acceptors (Lipinski definition) is 4. The summed E-state index contributed by atoms with van der Waals surface area (Å²) in [6.45, 7) is 4.62. The van der Waals surface area contributed by atoms with Gasteiger partial charge < -0.3 is 9.47 Å². The molecule has 0 aliphatic heterocycles. The number of unbranched alkanes of at least 4 members (excludes halogenated alkanes) is 6. The van der Waals surface area contributed by atoms with Gasteiger partial charge >= 0.3 is 11.9 Å². The van der Waals surface area contributed by atoms with E-state index in [0.717, 1.165) is 25.7 Å². The molecule has 0 aliphatic rings. The van der Waals surface area contributed by atoms with Crippen LogP contribution in [0.1, 0.15) is 78.1 Å². The van der Waals surface area contributed by atoms with Crippen LogP contribution in [0, 0.1) is 0 Å². The van der Waals surface area contributed by atoms with Crippen LogP contribution in [0.2, 0.25) is 0 Å². The van der Waals surface area contributed by atoms with Gasteiger partial charge in [0.2, 0.25) is 0 Å². The molecule has 0 rings (SSSR count). The molecule has 0 spiro atoms. The second-order valence-electron chi connectivity index (χ2n) is 5.56. The Labute approximate surface area is 139 Å². The molecule has 0 amide bonds. The Kier molecular flexibility index (Phi) is 14.6. The normalized spacial score (nSPS) is 12.0. The van der Waals surface area contributed by atoms with Crippen LogP contribution in [0.5, 0.6) is 0 Å². The average molecular weight is 335 g/mol. The van der Waals surface area contributed by atoms with Gasteiger partial charge in [-0.1, -0.05) is 52.4 Å². The van der Waals surface area contributed by atoms with Gasteiger partial charge in [0.15, 0.2) is 0 Å². The van der Waals surface area contributed by atoms with E-state index in [1.165, 1.54) is 25.7 Å². The fraction of sp³-hybridized carbons (Fsp3) is 0.882. The topological polar surface area (TPSA) is 52.6 Å². The van der Waals surface area contributed by atoms with Crippen molar-refractivity contribution in [3.63, 3.8) is 0 Å². The molecule has 0 heterocycles. The first-order valence-corrected chi connectivity index (χ1v) is 9.08. The zero-order valence-electron chi connectivity index (χ0n) is 14.1. The van der Waals surface area contributed by atoms with E-state index in [0.29, 0.717) is 13.0 Å². The van der Waals surface area contributed by atoms with Crippen LogP contribution in [0.4, 0.5) is 0 Å². The third-order valence-corrected chi connectivity index (χ3v) is 3.70. The summed E-state index contributed by atoms with van der Waals surface area (Å²) in [5, 5.41) is 0. The standard InChI is InChI=1S/C17H31ClO4/c1-3-5-7-8-9-10-12-21-17(20)13-15(14-18)22-16(19)11-6-4-2/h15H,3-14H2,1-2H3. The molecule has 0 aromatic heterocycles. The van der Waals surface area contributed by atoms with Crippen LogP contribution in [0.15, 0.2) is 0 Å². The number of hydrogen-bond donors (Lipinski definition) is 0. The van der Waals surface area contributed by atoms with Gasteiger partial charge in [0.05, 0.1) is 18.9 Å². The van der Waals surface area contributed by atoms with E-state index in [2.05, 4.69) is 6.92 Å². The lowest BCUT2D eigenvalue weighted by atomic mass is 10.1. The lowest BCUT2D eigenvalue weighted by Crippen LogP contribution is -2.24. The molecule has 0 saturated carbocycles. The van der Waals surface area contributed by atoms with E-state index >= 15 is 0 Å². The molecule has 1 atom stereocenters. The van der Waals surface area contributed by atoms with E-state index in [-0.39, 0.29) is 24.2 Å². The average Bonchev–Trinajstić information content (AvgIpc) is 2.51. The molecule has 5 heteroatoms. The Morgan fingerprint density at radius 3 is 2.18 bits per heavy atom. The SMILES string of the molecule is CCCCCCCCOC(=O)CC(CCl)OC(=O)CCCC. The van der Waals surface area contributed by atoms with E-state index in [1.807, 2.05) is 6.92 Å². The number of carbonyl (C=O) groups is 2. The molecular weight excluding hydrogens is 304 g/mol. The maximum absolute atomic E-state index is 11.7. The van der Waals surface area contributed by atoms with Gasteiger partial charge in [-0.2, -0.15) is 0 Å². The minimum absolute atomic E-state index is 0.0389. The summed E-state index contributed by atoms with van der Waals surface area (Å²) >= 11 is 5.74. The van der Waals surface area contributed by atoms with Crippen molar-refractivity contribution in [1.82, 2.24) is 0 Å². The van der Waals surface area contributed by atoms with E-state index in [9.17, 15) is 9.59 Å². The number of alkyl halides is 1. The summed E-state index contributed by atoms with van der Waals surface area (Å²) < 4.78 is 10.3. The Balaban J connectivity index is 3.71. The summed E-state index contributed by atoms with van der Waals surface area (Å²) in [5.74, 6) is -0.525. The second-order valence-corrected chi connectivity index (χ2v) is 5.87. The molecule has 0 radical (unpaired) electrons. The summed E-state index contributed by atoms with van der Waals surface area (Å²) in [4.78, 5) is 23.2. The first-order valence-electron chi connectivity index (χ1n) is 8.55. The minimum Gasteiger partial charge on any atom is -0.466 e. The summed E-state index contributed by atoms with van der Waals surface area (Å²) in [6.07, 6.45) is 8.44. The van der Waals surface area contributed by atoms with Gasteiger partial charge in [-0.25, -0.2) is 0 Å². The zero-order chi connectivity index (χ0) is 16.6. The van der Waals surface area contributed by atoms with Crippen molar-refractivity contribution in [3.05, 3.63) is 0 Å². The van der Waals surface area contributed by atoms with Crippen LogP contribution >= 0.6 is 11.6 Å². The summed E-state index contributed by atoms with van der Waals surface area (Å²) in [5.41, 5.74) is 0. The largest absolute Gasteiger partial charge is 0.466 e. The van der Waals surface area contributed by atoms with Crippen molar-refractivity contribution in [2.75, 3.05) is 12.5 Å². The van der Waals surface area contributed by atoms with Crippen molar-refractivity contribution >= 4 is 23.5 Å². The Morgan fingerprint density at radius 2 is 1.55 bits per heavy atom. The summed E-state index contributed by atoms with van der Waals surface area (Å²) in [6, 6.07) is 0. The van der Waals surface area contributed by atoms with Crippen LogP contribution in [-0.2, 0) is 19.1 Å². The van der Waals surface area contributed by atoms with E-state index in [4.69, 9.17) is 21.1 Å². The van der Waals surface area contributed by atoms with Crippen molar-refractivity contribution in [1.29, 1.82) is 0 Å². The Morgan fingerprint density at radius 1 is 0.909 bits per heavy atom. The molecule has 0 N–H and O–H groups in total. The summed E-state index contributed by atoms with van der Waals surface area (Å²) in [7, 11) is 0. The van der Waals surface area contributed by atoms with E-state index in [1.54, 1.807) is 0 Å². The van der Waals surface area contributed by atoms with Crippen molar-refractivity contribution in [2.45, 2.75) is 84.2 Å². The quantitative estimate of drug-likeness (QED) is 0.264. The number of ether oxygens (including phenoxy) is 2. The molecule has 0 aromatic carbocycles. The van der Waals surface area contributed by atoms with Crippen LogP contribution in [0.25, 0.3) is 0 Å². The molecular formula is C17H31ClO4. The molecule has 0 bridgehead atoms. The Bertz CT molecular complexity index is 294. The lowest BCUT2D eigenvalue weighted by molar-refractivity contribution is -0.154. The van der Waals surface area contributed by atoms with Crippen molar-refractivity contribution in [2.24, 2.45) is 0 Å². The van der Waals surface area contributed by atoms with Gasteiger partial charge in [0.1, 0.15) is 6.10 Å². The van der Waals surface area contributed by atoms with Crippen LogP contribution in [0.3, 0.4) is 0 Å².